The predicted octanol–water partition coefficient (Wildman–Crippen LogP) is 3.20. The Hall–Kier alpha value is -4.25. The number of carbonyl (C=O) groups is 2. The maximum atomic E-state index is 13.8. The Bertz CT molecular complexity index is 1460. The van der Waals surface area contributed by atoms with Crippen LogP contribution in [0.25, 0.3) is 11.1 Å². The quantitative estimate of drug-likeness (QED) is 0.412. The second-order valence-electron chi connectivity index (χ2n) is 8.21. The summed E-state index contributed by atoms with van der Waals surface area (Å²) >= 11 is 0. The Morgan fingerprint density at radius 3 is 2.43 bits per heavy atom. The van der Waals surface area contributed by atoms with Gasteiger partial charge in [-0.25, -0.2) is 13.2 Å². The number of hydrogen-bond acceptors (Lipinski definition) is 7. The molecule has 3 aromatic carbocycles. The summed E-state index contributed by atoms with van der Waals surface area (Å²) in [5, 5.41) is 15.2. The van der Waals surface area contributed by atoms with Crippen molar-refractivity contribution in [2.24, 2.45) is 0 Å². The minimum absolute atomic E-state index is 0.0392. The highest BCUT2D eigenvalue weighted by atomic mass is 32.2. The van der Waals surface area contributed by atoms with Gasteiger partial charge < -0.3 is 10.6 Å². The number of non-ortho nitro benzene ring substituents is 1. The zero-order chi connectivity index (χ0) is 24.7. The molecule has 2 N–H and O–H groups in total. The third-order valence-corrected chi connectivity index (χ3v) is 8.13. The topological polar surface area (TPSA) is 139 Å². The summed E-state index contributed by atoms with van der Waals surface area (Å²) in [5.41, 5.74) is 2.93. The van der Waals surface area contributed by atoms with Crippen molar-refractivity contribution in [3.63, 3.8) is 0 Å². The van der Waals surface area contributed by atoms with E-state index in [4.69, 9.17) is 0 Å². The Balaban J connectivity index is 1.48. The molecule has 11 heteroatoms. The van der Waals surface area contributed by atoms with Crippen molar-refractivity contribution in [2.45, 2.75) is 16.7 Å². The van der Waals surface area contributed by atoms with Crippen LogP contribution in [-0.2, 0) is 16.3 Å². The average Bonchev–Trinajstić information content (AvgIpc) is 3.50. The number of anilines is 1. The smallest absolute Gasteiger partial charge is 0.325 e. The molecule has 10 nitrogen and oxygen atoms in total. The molecule has 3 aromatic rings. The highest BCUT2D eigenvalue weighted by molar-refractivity contribution is 7.92. The van der Waals surface area contributed by atoms with Crippen LogP contribution in [0.5, 0.6) is 0 Å². The Kier molecular flexibility index (Phi) is 5.48. The first-order valence-electron chi connectivity index (χ1n) is 10.8. The first kappa shape index (κ1) is 22.5. The summed E-state index contributed by atoms with van der Waals surface area (Å²) in [4.78, 5) is 36.6. The molecule has 1 fully saturated rings. The van der Waals surface area contributed by atoms with E-state index in [0.29, 0.717) is 18.5 Å². The van der Waals surface area contributed by atoms with Gasteiger partial charge in [-0.2, -0.15) is 0 Å². The van der Waals surface area contributed by atoms with E-state index in [1.54, 1.807) is 6.07 Å². The molecule has 5 rings (SSSR count). The molecule has 0 radical (unpaired) electrons. The van der Waals surface area contributed by atoms with Gasteiger partial charge in [-0.3, -0.25) is 19.8 Å². The molecule has 0 saturated carbocycles. The van der Waals surface area contributed by atoms with Gasteiger partial charge >= 0.3 is 6.03 Å². The number of nitrogens with one attached hydrogen (secondary N) is 2. The van der Waals surface area contributed by atoms with Gasteiger partial charge in [0.1, 0.15) is 0 Å². The van der Waals surface area contributed by atoms with E-state index in [2.05, 4.69) is 10.6 Å². The van der Waals surface area contributed by atoms with Crippen molar-refractivity contribution < 1.29 is 22.9 Å². The first-order valence-corrected chi connectivity index (χ1v) is 12.4. The highest BCUT2D eigenvalue weighted by Gasteiger charge is 2.43. The summed E-state index contributed by atoms with van der Waals surface area (Å²) < 4.78 is 27.5. The molecular weight excluding hydrogens is 472 g/mol. The van der Waals surface area contributed by atoms with Gasteiger partial charge in [0.15, 0.2) is 5.37 Å². The summed E-state index contributed by atoms with van der Waals surface area (Å²) in [6, 6.07) is 16.4. The van der Waals surface area contributed by atoms with E-state index in [9.17, 15) is 28.1 Å². The number of amides is 3. The Morgan fingerprint density at radius 1 is 1.03 bits per heavy atom. The van der Waals surface area contributed by atoms with Crippen molar-refractivity contribution in [1.82, 2.24) is 10.2 Å². The minimum atomic E-state index is -4.08. The molecule has 35 heavy (non-hydrogen) atoms. The lowest BCUT2D eigenvalue weighted by atomic mass is 9.98. The molecule has 178 valence electrons. The first-order chi connectivity index (χ1) is 16.8. The number of nitro benzene ring substituents is 1. The number of fused-ring (bicyclic) bond motifs is 1. The van der Waals surface area contributed by atoms with Gasteiger partial charge in [0, 0.05) is 35.5 Å². The number of carbonyl (C=O) groups excluding carboxylic acids is 2. The van der Waals surface area contributed by atoms with Crippen LogP contribution in [0.4, 0.5) is 16.2 Å². The molecule has 0 aromatic heterocycles. The minimum Gasteiger partial charge on any atom is -0.384 e. The normalized spacial score (nSPS) is 17.0. The fourth-order valence-corrected chi connectivity index (χ4v) is 6.12. The van der Waals surface area contributed by atoms with Crippen molar-refractivity contribution >= 4 is 33.2 Å². The molecule has 3 amide bonds. The summed E-state index contributed by atoms with van der Waals surface area (Å²) in [7, 11) is -4.08. The largest absolute Gasteiger partial charge is 0.384 e. The van der Waals surface area contributed by atoms with Gasteiger partial charge in [0.25, 0.3) is 11.6 Å². The average molecular weight is 493 g/mol. The van der Waals surface area contributed by atoms with Crippen molar-refractivity contribution in [1.29, 1.82) is 0 Å². The van der Waals surface area contributed by atoms with E-state index in [1.807, 2.05) is 30.3 Å². The number of nitrogens with zero attached hydrogens (tertiary/aromatic N) is 2. The van der Waals surface area contributed by atoms with Gasteiger partial charge in [-0.15, -0.1) is 0 Å². The van der Waals surface area contributed by atoms with Crippen molar-refractivity contribution in [2.75, 3.05) is 18.4 Å². The van der Waals surface area contributed by atoms with Crippen LogP contribution in [0.2, 0.25) is 0 Å². The number of rotatable bonds is 5. The van der Waals surface area contributed by atoms with Gasteiger partial charge in [-0.1, -0.05) is 30.3 Å². The lowest BCUT2D eigenvalue weighted by Crippen LogP contribution is -2.35. The maximum absolute atomic E-state index is 13.8. The highest BCUT2D eigenvalue weighted by Crippen LogP contribution is 2.39. The van der Waals surface area contributed by atoms with Gasteiger partial charge in [0.05, 0.1) is 16.4 Å². The van der Waals surface area contributed by atoms with Gasteiger partial charge in [-0.05, 0) is 41.8 Å². The maximum Gasteiger partial charge on any atom is 0.325 e. The van der Waals surface area contributed by atoms with Crippen LogP contribution in [0.1, 0.15) is 15.9 Å². The standard InChI is InChI=1S/C24H20N4O6S/c29-23(16-6-8-17(9-7-16)28(31)32)27-14-21(26-24(27)30)35(33,34)20-11-10-19-18(12-13-25-19)22(20)15-4-2-1-3-5-15/h1-11,21,25H,12-14H2,(H,26,30)/t21-/m0/s1. The summed E-state index contributed by atoms with van der Waals surface area (Å²) in [6.45, 7) is 0.302. The molecular formula is C24H20N4O6S. The predicted molar refractivity (Wildman–Crippen MR) is 128 cm³/mol. The van der Waals surface area contributed by atoms with Gasteiger partial charge in [0.2, 0.25) is 9.84 Å². The Labute approximate surface area is 200 Å². The van der Waals surface area contributed by atoms with Crippen LogP contribution in [-0.4, -0.2) is 48.6 Å². The molecule has 0 bridgehead atoms. The van der Waals surface area contributed by atoms with Crippen LogP contribution in [0.15, 0.2) is 71.6 Å². The molecule has 0 spiro atoms. The van der Waals surface area contributed by atoms with E-state index >= 15 is 0 Å². The van der Waals surface area contributed by atoms with E-state index in [0.717, 1.165) is 33.8 Å². The third kappa shape index (κ3) is 3.89. The number of benzene rings is 3. The van der Waals surface area contributed by atoms with E-state index in [1.165, 1.54) is 18.2 Å². The zero-order valence-electron chi connectivity index (χ0n) is 18.3. The Morgan fingerprint density at radius 2 is 1.74 bits per heavy atom. The van der Waals surface area contributed by atoms with Crippen LogP contribution >= 0.6 is 0 Å². The number of hydrogen-bond donors (Lipinski definition) is 2. The lowest BCUT2D eigenvalue weighted by Gasteiger charge is -2.18. The second kappa shape index (κ2) is 8.51. The molecule has 1 atom stereocenters. The molecule has 1 saturated heterocycles. The van der Waals surface area contributed by atoms with E-state index in [-0.39, 0.29) is 22.7 Å². The molecule has 2 aliphatic heterocycles. The summed E-state index contributed by atoms with van der Waals surface area (Å²) in [5.74, 6) is -0.739. The number of urea groups is 1. The molecule has 2 aliphatic rings. The van der Waals surface area contributed by atoms with Crippen molar-refractivity contribution in [3.8, 4) is 11.1 Å². The summed E-state index contributed by atoms with van der Waals surface area (Å²) in [6.07, 6.45) is 0.657. The fraction of sp³-hybridized carbons (Fsp3) is 0.167. The zero-order valence-corrected chi connectivity index (χ0v) is 19.1. The van der Waals surface area contributed by atoms with Crippen LogP contribution < -0.4 is 10.6 Å². The number of imide groups is 1. The number of sulfone groups is 1. The van der Waals surface area contributed by atoms with Crippen molar-refractivity contribution in [3.05, 3.63) is 88.0 Å². The monoisotopic (exact) mass is 492 g/mol. The molecule has 0 unspecified atom stereocenters. The fourth-order valence-electron chi connectivity index (χ4n) is 4.43. The molecule has 2 heterocycles. The second-order valence-corrected chi connectivity index (χ2v) is 10.3. The third-order valence-electron chi connectivity index (χ3n) is 6.16. The van der Waals surface area contributed by atoms with Crippen LogP contribution in [0, 0.1) is 10.1 Å². The molecule has 0 aliphatic carbocycles. The SMILES string of the molecule is O=C1N[C@@H](S(=O)(=O)c2ccc3c(c2-c2ccccc2)CCN3)CN1C(=O)c1ccc([N+](=O)[O-])cc1. The number of nitro groups is 1. The van der Waals surface area contributed by atoms with Crippen LogP contribution in [0.3, 0.4) is 0 Å². The lowest BCUT2D eigenvalue weighted by molar-refractivity contribution is -0.384. The van der Waals surface area contributed by atoms with E-state index < -0.39 is 32.1 Å².